The lowest BCUT2D eigenvalue weighted by molar-refractivity contribution is -0.118. The van der Waals surface area contributed by atoms with Gasteiger partial charge in [0.1, 0.15) is 6.61 Å². The quantitative estimate of drug-likeness (QED) is 0.796. The van der Waals surface area contributed by atoms with Gasteiger partial charge in [0.05, 0.1) is 18.5 Å². The van der Waals surface area contributed by atoms with Crippen LogP contribution in [0.3, 0.4) is 0 Å². The fourth-order valence-electron chi connectivity index (χ4n) is 1.05. The van der Waals surface area contributed by atoms with Crippen LogP contribution in [0.4, 0.5) is 5.82 Å². The van der Waals surface area contributed by atoms with Crippen molar-refractivity contribution in [1.29, 1.82) is 0 Å². The van der Waals surface area contributed by atoms with Gasteiger partial charge in [0.15, 0.2) is 5.82 Å². The molecule has 0 unspecified atom stereocenters. The number of rotatable bonds is 6. The molecule has 0 spiro atoms. The van der Waals surface area contributed by atoms with Crippen molar-refractivity contribution < 1.29 is 14.6 Å². The summed E-state index contributed by atoms with van der Waals surface area (Å²) in [5.74, 6) is 0.370. The molecule has 0 radical (unpaired) electrons. The minimum absolute atomic E-state index is 0.127. The van der Waals surface area contributed by atoms with Crippen LogP contribution in [-0.2, 0) is 4.79 Å². The van der Waals surface area contributed by atoms with Gasteiger partial charge in [0.2, 0.25) is 11.8 Å². The molecule has 1 rings (SSSR count). The first-order valence-corrected chi connectivity index (χ1v) is 5.96. The normalized spacial score (nSPS) is 12.3. The van der Waals surface area contributed by atoms with Crippen LogP contribution in [0.5, 0.6) is 5.88 Å². The molecule has 0 aliphatic carbocycles. The van der Waals surface area contributed by atoms with Gasteiger partial charge in [-0.05, 0) is 6.42 Å². The van der Waals surface area contributed by atoms with Crippen molar-refractivity contribution in [3.63, 3.8) is 0 Å². The van der Waals surface area contributed by atoms with Crippen LogP contribution in [-0.4, -0.2) is 33.7 Å². The van der Waals surface area contributed by atoms with Crippen LogP contribution in [0.25, 0.3) is 0 Å². The van der Waals surface area contributed by atoms with Crippen molar-refractivity contribution in [1.82, 2.24) is 9.97 Å². The van der Waals surface area contributed by atoms with Gasteiger partial charge in [-0.1, -0.05) is 20.8 Å². The van der Waals surface area contributed by atoms with Crippen LogP contribution in [0, 0.1) is 5.92 Å². The van der Waals surface area contributed by atoms with Crippen LogP contribution < -0.4 is 10.1 Å². The van der Waals surface area contributed by atoms with Crippen molar-refractivity contribution in [3.05, 3.63) is 12.4 Å². The Hall–Kier alpha value is -1.69. The van der Waals surface area contributed by atoms with Crippen molar-refractivity contribution >= 4 is 11.7 Å². The standard InChI is InChI=1S/C12H19N3O3/c1-4-9(16)7-18-11-6-13-5-10(14-11)15-12(17)8(2)3/h5-6,8-9,16H,4,7H2,1-3H3,(H,14,15,17)/t9-/m1/s1. The molecule has 1 aromatic heterocycles. The Bertz CT molecular complexity index is 396. The average molecular weight is 253 g/mol. The van der Waals surface area contributed by atoms with Gasteiger partial charge < -0.3 is 15.2 Å². The maximum Gasteiger partial charge on any atom is 0.234 e. The van der Waals surface area contributed by atoms with E-state index in [1.54, 1.807) is 13.8 Å². The van der Waals surface area contributed by atoms with Gasteiger partial charge in [0.25, 0.3) is 0 Å². The summed E-state index contributed by atoms with van der Waals surface area (Å²) in [5, 5.41) is 12.0. The fourth-order valence-corrected chi connectivity index (χ4v) is 1.05. The number of carbonyl (C=O) groups is 1. The number of hydrogen-bond donors (Lipinski definition) is 2. The zero-order chi connectivity index (χ0) is 13.5. The molecule has 18 heavy (non-hydrogen) atoms. The number of nitrogens with zero attached hydrogens (tertiary/aromatic N) is 2. The Morgan fingerprint density at radius 3 is 2.83 bits per heavy atom. The number of ether oxygens (including phenoxy) is 1. The van der Waals surface area contributed by atoms with E-state index in [0.717, 1.165) is 0 Å². The fraction of sp³-hybridized carbons (Fsp3) is 0.583. The van der Waals surface area contributed by atoms with E-state index in [-0.39, 0.29) is 24.3 Å². The third kappa shape index (κ3) is 4.67. The van der Waals surface area contributed by atoms with Gasteiger partial charge in [0, 0.05) is 5.92 Å². The third-order valence-electron chi connectivity index (χ3n) is 2.28. The third-order valence-corrected chi connectivity index (χ3v) is 2.28. The molecule has 0 aromatic carbocycles. The number of aromatic nitrogens is 2. The average Bonchev–Trinajstić information content (AvgIpc) is 2.36. The maximum atomic E-state index is 11.5. The Balaban J connectivity index is 2.59. The topological polar surface area (TPSA) is 84.3 Å². The van der Waals surface area contributed by atoms with Crippen LogP contribution in [0.15, 0.2) is 12.4 Å². The molecule has 6 heteroatoms. The number of nitrogens with one attached hydrogen (secondary N) is 1. The van der Waals surface area contributed by atoms with E-state index in [1.165, 1.54) is 12.4 Å². The van der Waals surface area contributed by atoms with Crippen LogP contribution in [0.2, 0.25) is 0 Å². The minimum Gasteiger partial charge on any atom is -0.474 e. The molecular formula is C12H19N3O3. The molecule has 2 N–H and O–H groups in total. The second-order valence-electron chi connectivity index (χ2n) is 4.26. The van der Waals surface area contributed by atoms with Gasteiger partial charge in [-0.15, -0.1) is 0 Å². The zero-order valence-electron chi connectivity index (χ0n) is 10.9. The molecule has 0 bridgehead atoms. The summed E-state index contributed by atoms with van der Waals surface area (Å²) in [5.41, 5.74) is 0. The second-order valence-corrected chi connectivity index (χ2v) is 4.26. The number of carbonyl (C=O) groups excluding carboxylic acids is 1. The molecule has 1 amide bonds. The highest BCUT2D eigenvalue weighted by Crippen LogP contribution is 2.10. The molecule has 0 fully saturated rings. The Morgan fingerprint density at radius 2 is 2.22 bits per heavy atom. The summed E-state index contributed by atoms with van der Waals surface area (Å²) in [6.45, 7) is 5.60. The molecule has 1 atom stereocenters. The first kappa shape index (κ1) is 14.4. The van der Waals surface area contributed by atoms with Gasteiger partial charge in [-0.25, -0.2) is 0 Å². The van der Waals surface area contributed by atoms with Crippen molar-refractivity contribution in [3.8, 4) is 5.88 Å². The molecule has 6 nitrogen and oxygen atoms in total. The lowest BCUT2D eigenvalue weighted by Gasteiger charge is -2.10. The molecule has 1 aromatic rings. The lowest BCUT2D eigenvalue weighted by atomic mass is 10.2. The number of hydrogen-bond acceptors (Lipinski definition) is 5. The second kappa shape index (κ2) is 6.90. The number of aliphatic hydroxyl groups is 1. The molecule has 0 saturated heterocycles. The van der Waals surface area contributed by atoms with Crippen LogP contribution in [0.1, 0.15) is 27.2 Å². The van der Waals surface area contributed by atoms with E-state index < -0.39 is 6.10 Å². The van der Waals surface area contributed by atoms with E-state index in [1.807, 2.05) is 6.92 Å². The highest BCUT2D eigenvalue weighted by Gasteiger charge is 2.09. The van der Waals surface area contributed by atoms with Gasteiger partial charge in [-0.2, -0.15) is 4.98 Å². The Kier molecular flexibility index (Phi) is 5.51. The van der Waals surface area contributed by atoms with E-state index in [9.17, 15) is 9.90 Å². The SMILES string of the molecule is CC[C@@H](O)COc1cncc(NC(=O)C(C)C)n1. The molecule has 100 valence electrons. The summed E-state index contributed by atoms with van der Waals surface area (Å²) < 4.78 is 5.27. The van der Waals surface area contributed by atoms with Crippen LogP contribution >= 0.6 is 0 Å². The Morgan fingerprint density at radius 1 is 1.50 bits per heavy atom. The largest absolute Gasteiger partial charge is 0.474 e. The molecular weight excluding hydrogens is 234 g/mol. The number of amides is 1. The van der Waals surface area contributed by atoms with Gasteiger partial charge >= 0.3 is 0 Å². The summed E-state index contributed by atoms with van der Waals surface area (Å²) in [4.78, 5) is 19.5. The van der Waals surface area contributed by atoms with E-state index >= 15 is 0 Å². The minimum atomic E-state index is -0.527. The summed E-state index contributed by atoms with van der Waals surface area (Å²) in [6.07, 6.45) is 2.97. The number of anilines is 1. The Labute approximate surface area is 106 Å². The maximum absolute atomic E-state index is 11.5. The smallest absolute Gasteiger partial charge is 0.234 e. The molecule has 0 aliphatic heterocycles. The summed E-state index contributed by atoms with van der Waals surface area (Å²) in [6, 6.07) is 0. The summed E-state index contributed by atoms with van der Waals surface area (Å²) >= 11 is 0. The highest BCUT2D eigenvalue weighted by atomic mass is 16.5. The predicted octanol–water partition coefficient (Wildman–Crippen LogP) is 1.22. The summed E-state index contributed by atoms with van der Waals surface area (Å²) in [7, 11) is 0. The highest BCUT2D eigenvalue weighted by molar-refractivity contribution is 5.90. The van der Waals surface area contributed by atoms with Gasteiger partial charge in [-0.3, -0.25) is 9.78 Å². The van der Waals surface area contributed by atoms with E-state index in [4.69, 9.17) is 4.74 Å². The van der Waals surface area contributed by atoms with Crippen molar-refractivity contribution in [2.45, 2.75) is 33.3 Å². The molecule has 1 heterocycles. The predicted molar refractivity (Wildman–Crippen MR) is 67.3 cm³/mol. The lowest BCUT2D eigenvalue weighted by Crippen LogP contribution is -2.19. The number of aliphatic hydroxyl groups excluding tert-OH is 1. The van der Waals surface area contributed by atoms with E-state index in [0.29, 0.717) is 12.2 Å². The van der Waals surface area contributed by atoms with Crippen molar-refractivity contribution in [2.75, 3.05) is 11.9 Å². The first-order chi connectivity index (χ1) is 8.52. The first-order valence-electron chi connectivity index (χ1n) is 5.96. The van der Waals surface area contributed by atoms with Crippen molar-refractivity contribution in [2.24, 2.45) is 5.92 Å². The van der Waals surface area contributed by atoms with E-state index in [2.05, 4.69) is 15.3 Å². The molecule has 0 aliphatic rings. The monoisotopic (exact) mass is 253 g/mol. The molecule has 0 saturated carbocycles. The zero-order valence-corrected chi connectivity index (χ0v) is 10.9.